The van der Waals surface area contributed by atoms with Crippen LogP contribution < -0.4 is 9.44 Å². The third kappa shape index (κ3) is 2.97. The van der Waals surface area contributed by atoms with Crippen LogP contribution in [0.4, 0.5) is 5.69 Å². The van der Waals surface area contributed by atoms with Crippen molar-refractivity contribution in [2.75, 3.05) is 11.8 Å². The second-order valence-electron chi connectivity index (χ2n) is 2.77. The molecule has 1 aromatic carbocycles. The van der Waals surface area contributed by atoms with Gasteiger partial charge >= 0.3 is 0 Å². The maximum absolute atomic E-state index is 11.1. The van der Waals surface area contributed by atoms with Crippen molar-refractivity contribution in [3.63, 3.8) is 0 Å². The lowest BCUT2D eigenvalue weighted by Gasteiger charge is -2.07. The fraction of sp³-hybridized carbons (Fsp3) is 0.250. The van der Waals surface area contributed by atoms with Crippen LogP contribution in [0.25, 0.3) is 0 Å². The minimum absolute atomic E-state index is 0.542. The zero-order valence-corrected chi connectivity index (χ0v) is 10.2. The maximum Gasteiger partial charge on any atom is 0.298 e. The van der Waals surface area contributed by atoms with Crippen molar-refractivity contribution in [3.05, 3.63) is 28.2 Å². The molecule has 0 aromatic heterocycles. The lowest BCUT2D eigenvalue weighted by molar-refractivity contribution is 0.593. The Kier molecular flexibility index (Phi) is 3.52. The molecule has 1 rings (SSSR count). The van der Waals surface area contributed by atoms with E-state index in [9.17, 15) is 8.42 Å². The van der Waals surface area contributed by atoms with Gasteiger partial charge in [0.25, 0.3) is 10.2 Å². The highest BCUT2D eigenvalue weighted by Gasteiger charge is 2.06. The fourth-order valence-electron chi connectivity index (χ4n) is 0.914. The fourth-order valence-corrected chi connectivity index (χ4v) is 1.70. The van der Waals surface area contributed by atoms with Crippen molar-refractivity contribution in [1.82, 2.24) is 4.72 Å². The van der Waals surface area contributed by atoms with Gasteiger partial charge in [-0.15, -0.1) is 0 Å². The molecule has 0 unspecified atom stereocenters. The van der Waals surface area contributed by atoms with Gasteiger partial charge in [-0.05, 0) is 30.7 Å². The average Bonchev–Trinajstić information content (AvgIpc) is 2.11. The van der Waals surface area contributed by atoms with Crippen molar-refractivity contribution < 1.29 is 8.42 Å². The van der Waals surface area contributed by atoms with Crippen molar-refractivity contribution in [2.24, 2.45) is 0 Å². The molecular weight excluding hydrogens is 268 g/mol. The van der Waals surface area contributed by atoms with Crippen molar-refractivity contribution in [1.29, 1.82) is 0 Å². The van der Waals surface area contributed by atoms with Gasteiger partial charge in [-0.3, -0.25) is 4.72 Å². The first kappa shape index (κ1) is 11.5. The van der Waals surface area contributed by atoms with Crippen LogP contribution in [0.5, 0.6) is 0 Å². The lowest BCUT2D eigenvalue weighted by Crippen LogP contribution is -2.26. The van der Waals surface area contributed by atoms with E-state index in [2.05, 4.69) is 25.4 Å². The van der Waals surface area contributed by atoms with Crippen LogP contribution in [0.1, 0.15) is 5.56 Å². The number of hydrogen-bond donors (Lipinski definition) is 2. The van der Waals surface area contributed by atoms with Gasteiger partial charge in [0.2, 0.25) is 0 Å². The van der Waals surface area contributed by atoms with Gasteiger partial charge in [0, 0.05) is 11.5 Å². The molecule has 0 atom stereocenters. The molecule has 0 saturated heterocycles. The van der Waals surface area contributed by atoms with Crippen LogP contribution in [0.2, 0.25) is 0 Å². The summed E-state index contributed by atoms with van der Waals surface area (Å²) < 4.78 is 27.8. The Bertz CT molecular complexity index is 431. The number of benzene rings is 1. The van der Waals surface area contributed by atoms with Crippen LogP contribution in [-0.2, 0) is 10.2 Å². The highest BCUT2D eigenvalue weighted by Crippen LogP contribution is 2.20. The third-order valence-corrected chi connectivity index (χ3v) is 3.61. The summed E-state index contributed by atoms with van der Waals surface area (Å²) in [4.78, 5) is 0. The number of hydrogen-bond acceptors (Lipinski definition) is 2. The van der Waals surface area contributed by atoms with Gasteiger partial charge in [-0.1, -0.05) is 15.9 Å². The third-order valence-electron chi connectivity index (χ3n) is 1.68. The van der Waals surface area contributed by atoms with Crippen molar-refractivity contribution in [3.8, 4) is 0 Å². The molecule has 0 heterocycles. The minimum Gasteiger partial charge on any atom is -0.271 e. The van der Waals surface area contributed by atoms with E-state index >= 15 is 0 Å². The summed E-state index contributed by atoms with van der Waals surface area (Å²) in [5.74, 6) is 0. The number of nitrogens with one attached hydrogen (secondary N) is 2. The first-order valence-corrected chi connectivity index (χ1v) is 6.19. The second-order valence-corrected chi connectivity index (χ2v) is 5.25. The van der Waals surface area contributed by atoms with Crippen molar-refractivity contribution >= 4 is 31.8 Å². The minimum atomic E-state index is -3.42. The monoisotopic (exact) mass is 278 g/mol. The van der Waals surface area contributed by atoms with Crippen LogP contribution in [-0.4, -0.2) is 15.5 Å². The molecule has 4 nitrogen and oxygen atoms in total. The van der Waals surface area contributed by atoms with E-state index in [1.54, 1.807) is 18.2 Å². The van der Waals surface area contributed by atoms with E-state index in [0.717, 1.165) is 10.0 Å². The standard InChI is InChI=1S/C8H11BrN2O2S/c1-6-5-7(3-4-8(6)9)11-14(12,13)10-2/h3-5,10-11H,1-2H3. The van der Waals surface area contributed by atoms with Gasteiger partial charge in [-0.2, -0.15) is 8.42 Å². The van der Waals surface area contributed by atoms with E-state index < -0.39 is 10.2 Å². The summed E-state index contributed by atoms with van der Waals surface area (Å²) in [6.45, 7) is 1.89. The molecule has 0 aliphatic heterocycles. The SMILES string of the molecule is CNS(=O)(=O)Nc1ccc(Br)c(C)c1. The number of halogens is 1. The van der Waals surface area contributed by atoms with E-state index in [0.29, 0.717) is 5.69 Å². The Morgan fingerprint density at radius 3 is 2.50 bits per heavy atom. The van der Waals surface area contributed by atoms with E-state index in [-0.39, 0.29) is 0 Å². The van der Waals surface area contributed by atoms with Crippen LogP contribution in [0.3, 0.4) is 0 Å². The molecule has 0 spiro atoms. The predicted molar refractivity (Wildman–Crippen MR) is 60.5 cm³/mol. The summed E-state index contributed by atoms with van der Waals surface area (Å²) in [5, 5.41) is 0. The van der Waals surface area contributed by atoms with Crippen LogP contribution >= 0.6 is 15.9 Å². The zero-order valence-electron chi connectivity index (χ0n) is 7.83. The maximum atomic E-state index is 11.1. The summed E-state index contributed by atoms with van der Waals surface area (Å²) in [6.07, 6.45) is 0. The largest absolute Gasteiger partial charge is 0.298 e. The first-order chi connectivity index (χ1) is 6.44. The molecule has 0 bridgehead atoms. The molecule has 14 heavy (non-hydrogen) atoms. The Labute approximate surface area is 92.0 Å². The number of aryl methyl sites for hydroxylation is 1. The van der Waals surface area contributed by atoms with E-state index in [1.165, 1.54) is 7.05 Å². The molecule has 78 valence electrons. The van der Waals surface area contributed by atoms with Crippen LogP contribution in [0.15, 0.2) is 22.7 Å². The normalized spacial score (nSPS) is 11.4. The molecule has 2 N–H and O–H groups in total. The van der Waals surface area contributed by atoms with Gasteiger partial charge in [0.05, 0.1) is 5.69 Å². The Balaban J connectivity index is 2.94. The quantitative estimate of drug-likeness (QED) is 0.883. The molecule has 6 heteroatoms. The molecular formula is C8H11BrN2O2S. The zero-order chi connectivity index (χ0) is 10.8. The number of rotatable bonds is 3. The highest BCUT2D eigenvalue weighted by molar-refractivity contribution is 9.10. The summed E-state index contributed by atoms with van der Waals surface area (Å²) in [6, 6.07) is 5.23. The van der Waals surface area contributed by atoms with Gasteiger partial charge in [-0.25, -0.2) is 4.72 Å². The van der Waals surface area contributed by atoms with Crippen molar-refractivity contribution in [2.45, 2.75) is 6.92 Å². The Hall–Kier alpha value is -0.590. The molecule has 0 amide bonds. The lowest BCUT2D eigenvalue weighted by atomic mass is 10.2. The van der Waals surface area contributed by atoms with E-state index in [1.807, 2.05) is 6.92 Å². The molecule has 0 saturated carbocycles. The molecule has 0 aliphatic carbocycles. The van der Waals surface area contributed by atoms with E-state index in [4.69, 9.17) is 0 Å². The second kappa shape index (κ2) is 4.29. The first-order valence-electron chi connectivity index (χ1n) is 3.92. The summed E-state index contributed by atoms with van der Waals surface area (Å²) in [7, 11) is -2.06. The van der Waals surface area contributed by atoms with Gasteiger partial charge < -0.3 is 0 Å². The Morgan fingerprint density at radius 1 is 1.36 bits per heavy atom. The summed E-state index contributed by atoms with van der Waals surface area (Å²) in [5.41, 5.74) is 1.52. The molecule has 1 aromatic rings. The highest BCUT2D eigenvalue weighted by atomic mass is 79.9. The smallest absolute Gasteiger partial charge is 0.271 e. The Morgan fingerprint density at radius 2 is 2.00 bits per heavy atom. The molecule has 0 radical (unpaired) electrons. The predicted octanol–water partition coefficient (Wildman–Crippen LogP) is 1.63. The number of anilines is 1. The van der Waals surface area contributed by atoms with Gasteiger partial charge in [0.15, 0.2) is 0 Å². The average molecular weight is 279 g/mol. The molecule has 0 fully saturated rings. The topological polar surface area (TPSA) is 58.2 Å². The van der Waals surface area contributed by atoms with Crippen LogP contribution in [0, 0.1) is 6.92 Å². The summed E-state index contributed by atoms with van der Waals surface area (Å²) >= 11 is 3.33. The molecule has 0 aliphatic rings. The van der Waals surface area contributed by atoms with Gasteiger partial charge in [0.1, 0.15) is 0 Å².